The second kappa shape index (κ2) is 4.33. The summed E-state index contributed by atoms with van der Waals surface area (Å²) in [5.41, 5.74) is 5.93. The third-order valence-electron chi connectivity index (χ3n) is 2.60. The van der Waals surface area contributed by atoms with Gasteiger partial charge in [-0.1, -0.05) is 15.9 Å². The number of benzene rings is 1. The van der Waals surface area contributed by atoms with Crippen molar-refractivity contribution in [2.75, 3.05) is 17.2 Å². The quantitative estimate of drug-likeness (QED) is 0.389. The van der Waals surface area contributed by atoms with E-state index in [4.69, 9.17) is 5.73 Å². The molecular weight excluding hydrogens is 290 g/mol. The van der Waals surface area contributed by atoms with Gasteiger partial charge in [0.05, 0.1) is 10.6 Å². The Morgan fingerprint density at radius 2 is 2.24 bits per heavy atom. The molecule has 0 radical (unpaired) electrons. The smallest absolute Gasteiger partial charge is 0.294 e. The number of hydrogen-bond donors (Lipinski definition) is 1. The van der Waals surface area contributed by atoms with E-state index in [0.29, 0.717) is 18.7 Å². The van der Waals surface area contributed by atoms with E-state index in [1.54, 1.807) is 6.07 Å². The second-order valence-electron chi connectivity index (χ2n) is 3.81. The molecule has 1 fully saturated rings. The molecule has 1 unspecified atom stereocenters. The van der Waals surface area contributed by atoms with E-state index < -0.39 is 4.92 Å². The molecule has 0 aliphatic carbocycles. The van der Waals surface area contributed by atoms with Crippen LogP contribution in [0.1, 0.15) is 6.42 Å². The van der Waals surface area contributed by atoms with Gasteiger partial charge in [0.1, 0.15) is 5.69 Å². The van der Waals surface area contributed by atoms with Crippen molar-refractivity contribution in [1.82, 2.24) is 0 Å². The summed E-state index contributed by atoms with van der Waals surface area (Å²) >= 11 is 3.36. The molecule has 6 nitrogen and oxygen atoms in total. The lowest BCUT2D eigenvalue weighted by Gasteiger charge is -2.15. The van der Waals surface area contributed by atoms with Gasteiger partial charge in [0, 0.05) is 23.9 Å². The van der Waals surface area contributed by atoms with Crippen LogP contribution in [-0.4, -0.2) is 22.2 Å². The van der Waals surface area contributed by atoms with Crippen LogP contribution in [0, 0.1) is 10.1 Å². The molecule has 1 aliphatic rings. The molecule has 1 aromatic rings. The Bertz CT molecular complexity index is 492. The average molecular weight is 300 g/mol. The number of alkyl halides is 1. The molecule has 1 aliphatic heterocycles. The monoisotopic (exact) mass is 299 g/mol. The number of nitrogen functional groups attached to an aromatic ring is 1. The van der Waals surface area contributed by atoms with Crippen molar-refractivity contribution in [3.63, 3.8) is 0 Å². The van der Waals surface area contributed by atoms with Gasteiger partial charge in [0.15, 0.2) is 0 Å². The molecule has 0 bridgehead atoms. The van der Waals surface area contributed by atoms with E-state index in [-0.39, 0.29) is 22.1 Å². The third kappa shape index (κ3) is 2.23. The fourth-order valence-electron chi connectivity index (χ4n) is 1.77. The van der Waals surface area contributed by atoms with Crippen molar-refractivity contribution in [2.45, 2.75) is 11.2 Å². The van der Waals surface area contributed by atoms with Gasteiger partial charge in [-0.15, -0.1) is 0 Å². The zero-order valence-electron chi connectivity index (χ0n) is 8.80. The van der Waals surface area contributed by atoms with Crippen LogP contribution in [0.4, 0.5) is 17.1 Å². The number of nitrogens with two attached hydrogens (primary N) is 1. The number of carbonyl (C=O) groups is 1. The lowest BCUT2D eigenvalue weighted by molar-refractivity contribution is -0.383. The molecule has 1 aromatic carbocycles. The highest BCUT2D eigenvalue weighted by Crippen LogP contribution is 2.31. The second-order valence-corrected chi connectivity index (χ2v) is 5.10. The standard InChI is InChI=1S/C10H10BrN3O3/c11-6-3-10(15)13(5-6)7-1-2-8(12)9(4-7)14(16)17/h1-2,4,6H,3,5,12H2. The van der Waals surface area contributed by atoms with Gasteiger partial charge in [0.2, 0.25) is 5.91 Å². The Labute approximate surface area is 106 Å². The lowest BCUT2D eigenvalue weighted by atomic mass is 10.2. The van der Waals surface area contributed by atoms with E-state index in [0.717, 1.165) is 0 Å². The first kappa shape index (κ1) is 11.8. The number of anilines is 2. The van der Waals surface area contributed by atoms with Crippen LogP contribution in [0.5, 0.6) is 0 Å². The number of nitrogens with zero attached hydrogens (tertiary/aromatic N) is 2. The minimum atomic E-state index is -0.551. The Morgan fingerprint density at radius 1 is 1.53 bits per heavy atom. The molecular formula is C10H10BrN3O3. The number of rotatable bonds is 2. The number of hydrogen-bond acceptors (Lipinski definition) is 4. The van der Waals surface area contributed by atoms with Crippen LogP contribution in [0.2, 0.25) is 0 Å². The molecule has 1 saturated heterocycles. The highest BCUT2D eigenvalue weighted by atomic mass is 79.9. The minimum absolute atomic E-state index is 0.0501. The number of carbonyl (C=O) groups excluding carboxylic acids is 1. The maximum atomic E-state index is 11.6. The first-order chi connectivity index (χ1) is 7.99. The van der Waals surface area contributed by atoms with Crippen molar-refractivity contribution >= 4 is 38.9 Å². The van der Waals surface area contributed by atoms with Crippen molar-refractivity contribution in [3.8, 4) is 0 Å². The van der Waals surface area contributed by atoms with Gasteiger partial charge < -0.3 is 10.6 Å². The van der Waals surface area contributed by atoms with Crippen LogP contribution in [-0.2, 0) is 4.79 Å². The Hall–Kier alpha value is -1.63. The van der Waals surface area contributed by atoms with Gasteiger partial charge in [-0.2, -0.15) is 0 Å². The predicted octanol–water partition coefficient (Wildman–Crippen LogP) is 1.68. The lowest BCUT2D eigenvalue weighted by Crippen LogP contribution is -2.24. The topological polar surface area (TPSA) is 89.5 Å². The molecule has 1 heterocycles. The van der Waals surface area contributed by atoms with Crippen molar-refractivity contribution in [1.29, 1.82) is 0 Å². The van der Waals surface area contributed by atoms with E-state index in [9.17, 15) is 14.9 Å². The molecule has 90 valence electrons. The molecule has 17 heavy (non-hydrogen) atoms. The molecule has 1 amide bonds. The molecule has 7 heteroatoms. The summed E-state index contributed by atoms with van der Waals surface area (Å²) in [6, 6.07) is 4.39. The fourth-order valence-corrected chi connectivity index (χ4v) is 2.34. The van der Waals surface area contributed by atoms with Gasteiger partial charge >= 0.3 is 0 Å². The molecule has 0 saturated carbocycles. The van der Waals surface area contributed by atoms with E-state index in [1.165, 1.54) is 17.0 Å². The van der Waals surface area contributed by atoms with Crippen LogP contribution in [0.25, 0.3) is 0 Å². The number of nitro groups is 1. The van der Waals surface area contributed by atoms with Gasteiger partial charge in [-0.25, -0.2) is 0 Å². The summed E-state index contributed by atoms with van der Waals surface area (Å²) in [6.45, 7) is 0.514. The van der Waals surface area contributed by atoms with Crippen molar-refractivity contribution in [2.24, 2.45) is 0 Å². The van der Waals surface area contributed by atoms with E-state index in [1.807, 2.05) is 0 Å². The van der Waals surface area contributed by atoms with Crippen LogP contribution in [0.15, 0.2) is 18.2 Å². The van der Waals surface area contributed by atoms with Gasteiger partial charge in [0.25, 0.3) is 5.69 Å². The first-order valence-corrected chi connectivity index (χ1v) is 5.89. The minimum Gasteiger partial charge on any atom is -0.393 e. The summed E-state index contributed by atoms with van der Waals surface area (Å²) in [5.74, 6) is -0.0501. The summed E-state index contributed by atoms with van der Waals surface area (Å²) in [4.78, 5) is 23.5. The molecule has 1 atom stereocenters. The molecule has 0 spiro atoms. The maximum absolute atomic E-state index is 11.6. The highest BCUT2D eigenvalue weighted by Gasteiger charge is 2.29. The van der Waals surface area contributed by atoms with Gasteiger partial charge in [-0.3, -0.25) is 14.9 Å². The Balaban J connectivity index is 2.37. The summed E-state index contributed by atoms with van der Waals surface area (Å²) in [7, 11) is 0. The van der Waals surface area contributed by atoms with Crippen LogP contribution >= 0.6 is 15.9 Å². The van der Waals surface area contributed by atoms with E-state index >= 15 is 0 Å². The first-order valence-electron chi connectivity index (χ1n) is 4.97. The molecule has 2 rings (SSSR count). The normalized spacial score (nSPS) is 19.7. The number of amides is 1. The summed E-state index contributed by atoms with van der Waals surface area (Å²) in [6.07, 6.45) is 0.401. The summed E-state index contributed by atoms with van der Waals surface area (Å²) < 4.78 is 0. The SMILES string of the molecule is Nc1ccc(N2CC(Br)CC2=O)cc1[N+](=O)[O-]. The Morgan fingerprint density at radius 3 is 2.76 bits per heavy atom. The van der Waals surface area contributed by atoms with Crippen molar-refractivity contribution < 1.29 is 9.72 Å². The number of nitro benzene ring substituents is 1. The summed E-state index contributed by atoms with van der Waals surface area (Å²) in [5, 5.41) is 10.7. The van der Waals surface area contributed by atoms with Gasteiger partial charge in [-0.05, 0) is 12.1 Å². The zero-order chi connectivity index (χ0) is 12.6. The van der Waals surface area contributed by atoms with Crippen LogP contribution < -0.4 is 10.6 Å². The fraction of sp³-hybridized carbons (Fsp3) is 0.300. The van der Waals surface area contributed by atoms with E-state index in [2.05, 4.69) is 15.9 Å². The van der Waals surface area contributed by atoms with Crippen LogP contribution in [0.3, 0.4) is 0 Å². The highest BCUT2D eigenvalue weighted by molar-refractivity contribution is 9.09. The maximum Gasteiger partial charge on any atom is 0.294 e. The average Bonchev–Trinajstić information content (AvgIpc) is 2.58. The Kier molecular flexibility index (Phi) is 3.01. The number of halogens is 1. The third-order valence-corrected chi connectivity index (χ3v) is 3.21. The zero-order valence-corrected chi connectivity index (χ0v) is 10.4. The molecule has 2 N–H and O–H groups in total. The van der Waals surface area contributed by atoms with Crippen molar-refractivity contribution in [3.05, 3.63) is 28.3 Å². The predicted molar refractivity (Wildman–Crippen MR) is 67.2 cm³/mol. The molecule has 0 aromatic heterocycles. The largest absolute Gasteiger partial charge is 0.393 e.